The zero-order valence-corrected chi connectivity index (χ0v) is 13.8. The lowest BCUT2D eigenvalue weighted by Crippen LogP contribution is -2.21. The number of anilines is 1. The number of aromatic nitrogens is 1. The van der Waals surface area contributed by atoms with E-state index in [2.05, 4.69) is 73.3 Å². The summed E-state index contributed by atoms with van der Waals surface area (Å²) in [7, 11) is 0. The molecule has 0 fully saturated rings. The summed E-state index contributed by atoms with van der Waals surface area (Å²) in [5.74, 6) is 0. The van der Waals surface area contributed by atoms with Crippen molar-refractivity contribution >= 4 is 16.5 Å². The third-order valence-electron chi connectivity index (χ3n) is 3.73. The molecule has 0 unspecified atom stereocenters. The lowest BCUT2D eigenvalue weighted by atomic mass is 10.1. The first-order valence-electron chi connectivity index (χ1n) is 7.70. The van der Waals surface area contributed by atoms with E-state index in [1.165, 1.54) is 16.0 Å². The summed E-state index contributed by atoms with van der Waals surface area (Å²) in [5, 5.41) is 1.10. The zero-order valence-electron chi connectivity index (χ0n) is 13.0. The van der Waals surface area contributed by atoms with E-state index in [1.54, 1.807) is 11.3 Å². The van der Waals surface area contributed by atoms with Crippen molar-refractivity contribution in [3.63, 3.8) is 0 Å². The van der Waals surface area contributed by atoms with Crippen molar-refractivity contribution in [3.8, 4) is 21.7 Å². The maximum atomic E-state index is 4.94. The average Bonchev–Trinajstić information content (AvgIpc) is 3.03. The molecule has 3 rings (SSSR count). The van der Waals surface area contributed by atoms with Crippen molar-refractivity contribution in [1.29, 1.82) is 0 Å². The average molecular weight is 308 g/mol. The van der Waals surface area contributed by atoms with Gasteiger partial charge in [0, 0.05) is 18.7 Å². The van der Waals surface area contributed by atoms with Gasteiger partial charge in [-0.1, -0.05) is 72.0 Å². The van der Waals surface area contributed by atoms with E-state index in [1.807, 2.05) is 6.07 Å². The van der Waals surface area contributed by atoms with Gasteiger partial charge in [-0.25, -0.2) is 4.98 Å². The summed E-state index contributed by atoms with van der Waals surface area (Å²) in [6, 6.07) is 21.0. The molecule has 0 aliphatic rings. The van der Waals surface area contributed by atoms with E-state index in [0.717, 1.165) is 23.9 Å². The van der Waals surface area contributed by atoms with Gasteiger partial charge in [-0.05, 0) is 19.4 Å². The maximum absolute atomic E-state index is 4.94. The Bertz CT molecular complexity index is 659. The first-order valence-corrected chi connectivity index (χ1v) is 8.51. The van der Waals surface area contributed by atoms with Gasteiger partial charge in [0.15, 0.2) is 5.13 Å². The van der Waals surface area contributed by atoms with Crippen molar-refractivity contribution in [3.05, 3.63) is 60.7 Å². The highest BCUT2D eigenvalue weighted by molar-refractivity contribution is 7.19. The summed E-state index contributed by atoms with van der Waals surface area (Å²) in [6.45, 7) is 6.31. The number of hydrogen-bond donors (Lipinski definition) is 0. The van der Waals surface area contributed by atoms with E-state index >= 15 is 0 Å². The Kier molecular flexibility index (Phi) is 4.54. The topological polar surface area (TPSA) is 16.1 Å². The molecule has 22 heavy (non-hydrogen) atoms. The monoisotopic (exact) mass is 308 g/mol. The molecule has 0 N–H and O–H groups in total. The van der Waals surface area contributed by atoms with Gasteiger partial charge in [0.05, 0.1) is 10.6 Å². The highest BCUT2D eigenvalue weighted by atomic mass is 32.1. The minimum atomic E-state index is 0.979. The van der Waals surface area contributed by atoms with Gasteiger partial charge in [-0.3, -0.25) is 0 Å². The number of benzene rings is 2. The normalized spacial score (nSPS) is 10.6. The van der Waals surface area contributed by atoms with Crippen LogP contribution in [0.3, 0.4) is 0 Å². The molecule has 0 bridgehead atoms. The Morgan fingerprint density at radius 2 is 1.36 bits per heavy atom. The van der Waals surface area contributed by atoms with E-state index in [9.17, 15) is 0 Å². The molecule has 0 aliphatic carbocycles. The summed E-state index contributed by atoms with van der Waals surface area (Å²) in [5.41, 5.74) is 3.49. The lowest BCUT2D eigenvalue weighted by molar-refractivity contribution is 0.860. The number of hydrogen-bond acceptors (Lipinski definition) is 3. The molecule has 3 aromatic rings. The fourth-order valence-electron chi connectivity index (χ4n) is 2.52. The highest BCUT2D eigenvalue weighted by Gasteiger charge is 2.17. The predicted molar refractivity (Wildman–Crippen MR) is 96.5 cm³/mol. The van der Waals surface area contributed by atoms with Gasteiger partial charge in [0.1, 0.15) is 0 Å². The van der Waals surface area contributed by atoms with Crippen LogP contribution in [0.5, 0.6) is 0 Å². The van der Waals surface area contributed by atoms with Crippen LogP contribution >= 0.6 is 11.3 Å². The molecular weight excluding hydrogens is 288 g/mol. The van der Waals surface area contributed by atoms with Crippen LogP contribution in [0.2, 0.25) is 0 Å². The van der Waals surface area contributed by atoms with Crippen LogP contribution < -0.4 is 4.90 Å². The van der Waals surface area contributed by atoms with Gasteiger partial charge < -0.3 is 4.90 Å². The molecule has 0 spiro atoms. The highest BCUT2D eigenvalue weighted by Crippen LogP contribution is 2.40. The standard InChI is InChI=1S/C19H20N2S/c1-3-21(4-2)19-20-17(15-11-7-5-8-12-15)18(22-19)16-13-9-6-10-14-16/h5-14H,3-4H2,1-2H3. The van der Waals surface area contributed by atoms with Crippen molar-refractivity contribution in [2.24, 2.45) is 0 Å². The Labute approximate surface area is 136 Å². The van der Waals surface area contributed by atoms with Crippen LogP contribution in [0.4, 0.5) is 5.13 Å². The molecule has 0 atom stereocenters. The Morgan fingerprint density at radius 1 is 0.818 bits per heavy atom. The van der Waals surface area contributed by atoms with Crippen molar-refractivity contribution in [2.45, 2.75) is 13.8 Å². The quantitative estimate of drug-likeness (QED) is 0.634. The van der Waals surface area contributed by atoms with E-state index in [4.69, 9.17) is 4.98 Å². The molecular formula is C19H20N2S. The van der Waals surface area contributed by atoms with Gasteiger partial charge in [0.25, 0.3) is 0 Å². The molecule has 0 radical (unpaired) electrons. The molecule has 0 aliphatic heterocycles. The molecule has 0 amide bonds. The van der Waals surface area contributed by atoms with Crippen LogP contribution in [-0.4, -0.2) is 18.1 Å². The minimum Gasteiger partial charge on any atom is -0.349 e. The molecule has 1 heterocycles. The predicted octanol–water partition coefficient (Wildman–Crippen LogP) is 5.32. The van der Waals surface area contributed by atoms with Crippen molar-refractivity contribution in [2.75, 3.05) is 18.0 Å². The Hall–Kier alpha value is -2.13. The second-order valence-corrected chi connectivity index (χ2v) is 6.06. The largest absolute Gasteiger partial charge is 0.349 e. The van der Waals surface area contributed by atoms with Crippen molar-refractivity contribution < 1.29 is 0 Å². The fraction of sp³-hybridized carbons (Fsp3) is 0.211. The third kappa shape index (κ3) is 2.90. The van der Waals surface area contributed by atoms with E-state index < -0.39 is 0 Å². The van der Waals surface area contributed by atoms with Gasteiger partial charge in [0.2, 0.25) is 0 Å². The van der Waals surface area contributed by atoms with Gasteiger partial charge in [-0.15, -0.1) is 0 Å². The maximum Gasteiger partial charge on any atom is 0.186 e. The molecule has 112 valence electrons. The van der Waals surface area contributed by atoms with Gasteiger partial charge in [-0.2, -0.15) is 0 Å². The second-order valence-electron chi connectivity index (χ2n) is 5.08. The second kappa shape index (κ2) is 6.75. The Balaban J connectivity index is 2.14. The Morgan fingerprint density at radius 3 is 1.91 bits per heavy atom. The van der Waals surface area contributed by atoms with Crippen LogP contribution in [-0.2, 0) is 0 Å². The third-order valence-corrected chi connectivity index (χ3v) is 4.90. The SMILES string of the molecule is CCN(CC)c1nc(-c2ccccc2)c(-c2ccccc2)s1. The molecule has 2 nitrogen and oxygen atoms in total. The van der Waals surface area contributed by atoms with E-state index in [-0.39, 0.29) is 0 Å². The van der Waals surface area contributed by atoms with Gasteiger partial charge >= 0.3 is 0 Å². The molecule has 1 aromatic heterocycles. The number of rotatable bonds is 5. The summed E-state index contributed by atoms with van der Waals surface area (Å²) in [4.78, 5) is 8.50. The molecule has 3 heteroatoms. The van der Waals surface area contributed by atoms with Crippen LogP contribution in [0, 0.1) is 0 Å². The number of thiazole rings is 1. The summed E-state index contributed by atoms with van der Waals surface area (Å²) in [6.07, 6.45) is 0. The van der Waals surface area contributed by atoms with Crippen molar-refractivity contribution in [1.82, 2.24) is 4.98 Å². The van der Waals surface area contributed by atoms with Crippen LogP contribution in [0.1, 0.15) is 13.8 Å². The first kappa shape index (κ1) is 14.8. The smallest absolute Gasteiger partial charge is 0.186 e. The molecule has 2 aromatic carbocycles. The van der Waals surface area contributed by atoms with E-state index in [0.29, 0.717) is 0 Å². The number of nitrogens with zero attached hydrogens (tertiary/aromatic N) is 2. The minimum absolute atomic E-state index is 0.979. The fourth-order valence-corrected chi connectivity index (χ4v) is 3.74. The summed E-state index contributed by atoms with van der Waals surface area (Å²) < 4.78 is 0. The first-order chi connectivity index (χ1) is 10.8. The lowest BCUT2D eigenvalue weighted by Gasteiger charge is -2.16. The van der Waals surface area contributed by atoms with Crippen LogP contribution in [0.15, 0.2) is 60.7 Å². The molecule has 0 saturated heterocycles. The van der Waals surface area contributed by atoms with Crippen LogP contribution in [0.25, 0.3) is 21.7 Å². The molecule has 0 saturated carbocycles. The zero-order chi connectivity index (χ0) is 15.4. The summed E-state index contributed by atoms with van der Waals surface area (Å²) >= 11 is 1.78.